The fourth-order valence-electron chi connectivity index (χ4n) is 0.692. The van der Waals surface area contributed by atoms with Crippen LogP contribution in [-0.2, 0) is 9.53 Å². The third-order valence-corrected chi connectivity index (χ3v) is 1.41. The van der Waals surface area contributed by atoms with Crippen molar-refractivity contribution >= 4 is 5.97 Å². The minimum Gasteiger partial charge on any atom is -0.463 e. The second-order valence-corrected chi connectivity index (χ2v) is 3.46. The van der Waals surface area contributed by atoms with E-state index in [0.717, 1.165) is 6.42 Å². The number of aliphatic hydroxyl groups excluding tert-OH is 1. The lowest BCUT2D eigenvalue weighted by molar-refractivity contribution is -0.146. The van der Waals surface area contributed by atoms with E-state index in [2.05, 4.69) is 13.8 Å². The number of hydrogen-bond acceptors (Lipinski definition) is 3. The molecule has 0 fully saturated rings. The van der Waals surface area contributed by atoms with Crippen molar-refractivity contribution in [3.8, 4) is 0 Å². The Balaban J connectivity index is 3.34. The molecule has 0 bridgehead atoms. The molecule has 0 radical (unpaired) electrons. The van der Waals surface area contributed by atoms with E-state index in [-0.39, 0.29) is 12.6 Å². The van der Waals surface area contributed by atoms with Gasteiger partial charge in [-0.1, -0.05) is 13.8 Å². The van der Waals surface area contributed by atoms with Crippen LogP contribution in [0.15, 0.2) is 0 Å². The fourth-order valence-corrected chi connectivity index (χ4v) is 0.692. The normalized spacial score (nSPS) is 13.1. The summed E-state index contributed by atoms with van der Waals surface area (Å²) in [5.41, 5.74) is 0. The summed E-state index contributed by atoms with van der Waals surface area (Å²) in [7, 11) is 0. The number of aliphatic hydroxyl groups is 1. The van der Waals surface area contributed by atoms with Crippen LogP contribution in [0.1, 0.15) is 33.6 Å². The Hall–Kier alpha value is -0.570. The summed E-state index contributed by atoms with van der Waals surface area (Å²) >= 11 is 0. The van der Waals surface area contributed by atoms with Crippen molar-refractivity contribution in [2.45, 2.75) is 39.7 Å². The van der Waals surface area contributed by atoms with Crippen LogP contribution in [0.5, 0.6) is 0 Å². The molecule has 0 saturated carbocycles. The molecule has 0 amide bonds. The number of rotatable bonds is 5. The van der Waals surface area contributed by atoms with Crippen LogP contribution in [0.3, 0.4) is 0 Å². The van der Waals surface area contributed by atoms with E-state index in [1.165, 1.54) is 0 Å². The lowest BCUT2D eigenvalue weighted by atomic mass is 10.1. The van der Waals surface area contributed by atoms with Gasteiger partial charge in [-0.2, -0.15) is 0 Å². The van der Waals surface area contributed by atoms with E-state index < -0.39 is 6.10 Å². The van der Waals surface area contributed by atoms with E-state index in [1.54, 1.807) is 6.92 Å². The molecule has 1 N–H and O–H groups in total. The lowest BCUT2D eigenvalue weighted by Crippen LogP contribution is -2.15. The van der Waals surface area contributed by atoms with E-state index in [9.17, 15) is 4.79 Å². The summed E-state index contributed by atoms with van der Waals surface area (Å²) in [4.78, 5) is 10.9. The maximum atomic E-state index is 10.9. The summed E-state index contributed by atoms with van der Waals surface area (Å²) in [6, 6.07) is 0. The Morgan fingerprint density at radius 3 is 2.42 bits per heavy atom. The van der Waals surface area contributed by atoms with Crippen LogP contribution in [0, 0.1) is 5.92 Å². The summed E-state index contributed by atoms with van der Waals surface area (Å²) in [5, 5.41) is 8.80. The standard InChI is InChI=1S/C9H18O3/c1-7(2)4-5-9(11)12-6-8(3)10/h7-8,10H,4-6H2,1-3H3. The highest BCUT2D eigenvalue weighted by atomic mass is 16.5. The zero-order chi connectivity index (χ0) is 9.56. The quantitative estimate of drug-likeness (QED) is 0.640. The number of hydrogen-bond donors (Lipinski definition) is 1. The Labute approximate surface area is 73.7 Å². The van der Waals surface area contributed by atoms with E-state index >= 15 is 0 Å². The predicted molar refractivity (Wildman–Crippen MR) is 46.7 cm³/mol. The molecule has 0 saturated heterocycles. The Kier molecular flexibility index (Phi) is 5.72. The SMILES string of the molecule is CC(C)CCC(=O)OCC(C)O. The number of esters is 1. The van der Waals surface area contributed by atoms with Crippen molar-refractivity contribution < 1.29 is 14.6 Å². The predicted octanol–water partition coefficient (Wildman–Crippen LogP) is 1.35. The van der Waals surface area contributed by atoms with Gasteiger partial charge in [0, 0.05) is 6.42 Å². The van der Waals surface area contributed by atoms with Gasteiger partial charge < -0.3 is 9.84 Å². The van der Waals surface area contributed by atoms with Crippen LogP contribution in [-0.4, -0.2) is 23.8 Å². The fraction of sp³-hybridized carbons (Fsp3) is 0.889. The van der Waals surface area contributed by atoms with Gasteiger partial charge >= 0.3 is 5.97 Å². The molecule has 0 heterocycles. The van der Waals surface area contributed by atoms with E-state index in [1.807, 2.05) is 0 Å². The van der Waals surface area contributed by atoms with Crippen molar-refractivity contribution in [1.29, 1.82) is 0 Å². The largest absolute Gasteiger partial charge is 0.463 e. The van der Waals surface area contributed by atoms with Crippen LogP contribution >= 0.6 is 0 Å². The van der Waals surface area contributed by atoms with Gasteiger partial charge in [0.15, 0.2) is 0 Å². The van der Waals surface area contributed by atoms with Gasteiger partial charge in [-0.15, -0.1) is 0 Å². The first-order chi connectivity index (χ1) is 5.52. The second-order valence-electron chi connectivity index (χ2n) is 3.46. The molecular formula is C9H18O3. The molecule has 0 aromatic heterocycles. The summed E-state index contributed by atoms with van der Waals surface area (Å²) in [6.07, 6.45) is 0.733. The molecule has 0 aliphatic carbocycles. The van der Waals surface area contributed by atoms with Gasteiger partial charge in [0.05, 0.1) is 6.10 Å². The van der Waals surface area contributed by atoms with Gasteiger partial charge in [-0.05, 0) is 19.3 Å². The lowest BCUT2D eigenvalue weighted by Gasteiger charge is -2.07. The van der Waals surface area contributed by atoms with Crippen molar-refractivity contribution in [3.05, 3.63) is 0 Å². The molecule has 0 aromatic rings. The first kappa shape index (κ1) is 11.4. The molecule has 72 valence electrons. The molecule has 3 nitrogen and oxygen atoms in total. The third-order valence-electron chi connectivity index (χ3n) is 1.41. The van der Waals surface area contributed by atoms with Crippen LogP contribution < -0.4 is 0 Å². The second kappa shape index (κ2) is 6.00. The molecule has 12 heavy (non-hydrogen) atoms. The summed E-state index contributed by atoms with van der Waals surface area (Å²) in [6.45, 7) is 5.82. The Morgan fingerprint density at radius 2 is 2.00 bits per heavy atom. The minimum atomic E-state index is -0.562. The van der Waals surface area contributed by atoms with Crippen molar-refractivity contribution in [3.63, 3.8) is 0 Å². The molecule has 0 aliphatic rings. The highest BCUT2D eigenvalue weighted by Gasteiger charge is 2.05. The smallest absolute Gasteiger partial charge is 0.305 e. The van der Waals surface area contributed by atoms with Crippen molar-refractivity contribution in [2.24, 2.45) is 5.92 Å². The van der Waals surface area contributed by atoms with Gasteiger partial charge in [0.1, 0.15) is 6.61 Å². The van der Waals surface area contributed by atoms with Crippen molar-refractivity contribution in [1.82, 2.24) is 0 Å². The van der Waals surface area contributed by atoms with Gasteiger partial charge in [0.25, 0.3) is 0 Å². The van der Waals surface area contributed by atoms with Gasteiger partial charge in [-0.3, -0.25) is 4.79 Å². The molecule has 0 rings (SSSR count). The average Bonchev–Trinajstić information content (AvgIpc) is 1.96. The molecule has 0 aromatic carbocycles. The first-order valence-corrected chi connectivity index (χ1v) is 4.36. The average molecular weight is 174 g/mol. The van der Waals surface area contributed by atoms with Crippen molar-refractivity contribution in [2.75, 3.05) is 6.61 Å². The Morgan fingerprint density at radius 1 is 1.42 bits per heavy atom. The monoisotopic (exact) mass is 174 g/mol. The number of carbonyl (C=O) groups is 1. The maximum absolute atomic E-state index is 10.9. The third kappa shape index (κ3) is 7.54. The molecule has 3 heteroatoms. The van der Waals surface area contributed by atoms with Crippen LogP contribution in [0.2, 0.25) is 0 Å². The van der Waals surface area contributed by atoms with Crippen LogP contribution in [0.4, 0.5) is 0 Å². The number of carbonyl (C=O) groups excluding carboxylic acids is 1. The zero-order valence-electron chi connectivity index (χ0n) is 8.04. The molecule has 0 aliphatic heterocycles. The minimum absolute atomic E-state index is 0.108. The molecule has 0 spiro atoms. The summed E-state index contributed by atoms with van der Waals surface area (Å²) in [5.74, 6) is 0.300. The number of ether oxygens (including phenoxy) is 1. The highest BCUT2D eigenvalue weighted by molar-refractivity contribution is 5.69. The molecular weight excluding hydrogens is 156 g/mol. The summed E-state index contributed by atoms with van der Waals surface area (Å²) < 4.78 is 4.76. The van der Waals surface area contributed by atoms with Gasteiger partial charge in [-0.25, -0.2) is 0 Å². The molecule has 1 atom stereocenters. The van der Waals surface area contributed by atoms with Gasteiger partial charge in [0.2, 0.25) is 0 Å². The Bertz CT molecular complexity index is 116. The van der Waals surface area contributed by atoms with E-state index in [4.69, 9.17) is 9.84 Å². The van der Waals surface area contributed by atoms with E-state index in [0.29, 0.717) is 12.3 Å². The molecule has 1 unspecified atom stereocenters. The highest BCUT2D eigenvalue weighted by Crippen LogP contribution is 2.04. The van der Waals surface area contributed by atoms with Crippen LogP contribution in [0.25, 0.3) is 0 Å². The zero-order valence-corrected chi connectivity index (χ0v) is 8.04. The topological polar surface area (TPSA) is 46.5 Å². The maximum Gasteiger partial charge on any atom is 0.305 e. The first-order valence-electron chi connectivity index (χ1n) is 4.36.